The molecule has 1 unspecified atom stereocenters. The summed E-state index contributed by atoms with van der Waals surface area (Å²) in [4.78, 5) is 16.0. The van der Waals surface area contributed by atoms with Gasteiger partial charge in [0.25, 0.3) is 10.0 Å². The summed E-state index contributed by atoms with van der Waals surface area (Å²) in [6, 6.07) is 3.22. The van der Waals surface area contributed by atoms with Gasteiger partial charge in [-0.15, -0.1) is 0 Å². The first-order valence-electron chi connectivity index (χ1n) is 9.56. The zero-order valence-corrected chi connectivity index (χ0v) is 18.6. The van der Waals surface area contributed by atoms with Crippen molar-refractivity contribution in [3.63, 3.8) is 0 Å². The van der Waals surface area contributed by atoms with Crippen LogP contribution in [0.4, 0.5) is 4.79 Å². The summed E-state index contributed by atoms with van der Waals surface area (Å²) in [5.74, 6) is 0.966. The highest BCUT2D eigenvalue weighted by atomic mass is 32.2. The van der Waals surface area contributed by atoms with Crippen LogP contribution < -0.4 is 0 Å². The topological polar surface area (TPSA) is 83.3 Å². The van der Waals surface area contributed by atoms with Crippen LogP contribution in [0.5, 0.6) is 0 Å². The molecule has 0 radical (unpaired) electrons. The number of hydrogen-bond donors (Lipinski definition) is 0. The Balaban J connectivity index is 1.92. The summed E-state index contributed by atoms with van der Waals surface area (Å²) in [6.45, 7) is 8.49. The van der Waals surface area contributed by atoms with Crippen LogP contribution in [-0.2, 0) is 21.3 Å². The number of hydrogen-bond acceptors (Lipinski definition) is 6. The van der Waals surface area contributed by atoms with E-state index in [-0.39, 0.29) is 11.2 Å². The number of ether oxygens (including phenoxy) is 1. The predicted octanol–water partition coefficient (Wildman–Crippen LogP) is 2.61. The quantitative estimate of drug-likeness (QED) is 0.710. The van der Waals surface area contributed by atoms with Gasteiger partial charge in [-0.25, -0.2) is 17.5 Å². The molecule has 2 heterocycles. The molecule has 28 heavy (non-hydrogen) atoms. The lowest BCUT2D eigenvalue weighted by Crippen LogP contribution is -2.42. The Morgan fingerprint density at radius 2 is 1.96 bits per heavy atom. The number of sulfonamides is 1. The van der Waals surface area contributed by atoms with Gasteiger partial charge in [0.15, 0.2) is 0 Å². The minimum absolute atomic E-state index is 0.0364. The van der Waals surface area contributed by atoms with E-state index in [1.807, 2.05) is 20.8 Å². The fourth-order valence-corrected chi connectivity index (χ4v) is 4.04. The summed E-state index contributed by atoms with van der Waals surface area (Å²) in [7, 11) is 1.16. The first-order valence-corrected chi connectivity index (χ1v) is 11.0. The van der Waals surface area contributed by atoms with Crippen LogP contribution in [0.15, 0.2) is 21.6 Å². The second-order valence-electron chi connectivity index (χ2n) is 8.61. The van der Waals surface area contributed by atoms with E-state index in [4.69, 9.17) is 9.15 Å². The fourth-order valence-electron chi connectivity index (χ4n) is 3.23. The molecule has 160 valence electrons. The summed E-state index contributed by atoms with van der Waals surface area (Å²) in [5.41, 5.74) is -0.506. The highest BCUT2D eigenvalue weighted by Gasteiger charge is 2.27. The minimum Gasteiger partial charge on any atom is -0.447 e. The maximum absolute atomic E-state index is 12.2. The van der Waals surface area contributed by atoms with Gasteiger partial charge in [0, 0.05) is 34.2 Å². The van der Waals surface area contributed by atoms with Gasteiger partial charge in [-0.3, -0.25) is 4.90 Å². The maximum Gasteiger partial charge on any atom is 0.410 e. The molecule has 0 bridgehead atoms. The molecule has 1 aliphatic rings. The molecule has 1 aromatic heterocycles. The van der Waals surface area contributed by atoms with Crippen molar-refractivity contribution < 1.29 is 22.4 Å². The van der Waals surface area contributed by atoms with Gasteiger partial charge in [0.2, 0.25) is 5.09 Å². The van der Waals surface area contributed by atoms with E-state index in [1.54, 1.807) is 18.0 Å². The number of piperidine rings is 1. The third kappa shape index (κ3) is 6.22. The molecular formula is C19H33N3O5S. The Hall–Kier alpha value is -1.58. The number of likely N-dealkylation sites (tertiary alicyclic amines) is 1. The molecule has 0 spiro atoms. The molecule has 1 fully saturated rings. The van der Waals surface area contributed by atoms with Gasteiger partial charge in [-0.1, -0.05) is 0 Å². The normalized spacial score (nSPS) is 19.0. The van der Waals surface area contributed by atoms with Crippen molar-refractivity contribution in [2.24, 2.45) is 5.92 Å². The zero-order chi connectivity index (χ0) is 21.1. The van der Waals surface area contributed by atoms with Gasteiger partial charge in [-0.2, -0.15) is 0 Å². The molecule has 8 nitrogen and oxygen atoms in total. The van der Waals surface area contributed by atoms with Gasteiger partial charge in [0.1, 0.15) is 11.4 Å². The van der Waals surface area contributed by atoms with E-state index in [2.05, 4.69) is 4.90 Å². The lowest BCUT2D eigenvalue weighted by atomic mass is 9.97. The van der Waals surface area contributed by atoms with E-state index in [9.17, 15) is 13.2 Å². The van der Waals surface area contributed by atoms with Crippen molar-refractivity contribution in [2.75, 3.05) is 40.8 Å². The third-order valence-corrected chi connectivity index (χ3v) is 6.28. The SMILES string of the molecule is CN(CC1CCCN(Cc2ccc(S(=O)(=O)N(C)C)o2)C1)C(=O)OC(C)(C)C. The van der Waals surface area contributed by atoms with Crippen LogP contribution in [0.3, 0.4) is 0 Å². The van der Waals surface area contributed by atoms with Crippen molar-refractivity contribution in [1.29, 1.82) is 0 Å². The molecule has 1 saturated heterocycles. The summed E-state index contributed by atoms with van der Waals surface area (Å²) in [6.07, 6.45) is 1.76. The average molecular weight is 416 g/mol. The Kier molecular flexibility index (Phi) is 7.17. The molecule has 0 aromatic carbocycles. The van der Waals surface area contributed by atoms with Crippen LogP contribution in [0.2, 0.25) is 0 Å². The lowest BCUT2D eigenvalue weighted by molar-refractivity contribution is 0.0239. The fraction of sp³-hybridized carbons (Fsp3) is 0.737. The van der Waals surface area contributed by atoms with Crippen LogP contribution in [-0.4, -0.2) is 75.0 Å². The van der Waals surface area contributed by atoms with Crippen molar-refractivity contribution in [1.82, 2.24) is 14.1 Å². The maximum atomic E-state index is 12.2. The second kappa shape index (κ2) is 8.84. The van der Waals surface area contributed by atoms with Crippen molar-refractivity contribution in [3.8, 4) is 0 Å². The molecule has 0 saturated carbocycles. The van der Waals surface area contributed by atoms with Crippen molar-refractivity contribution in [2.45, 2.75) is 50.9 Å². The molecule has 0 aliphatic carbocycles. The first kappa shape index (κ1) is 22.7. The minimum atomic E-state index is -3.56. The van der Waals surface area contributed by atoms with E-state index in [0.717, 1.165) is 30.2 Å². The lowest BCUT2D eigenvalue weighted by Gasteiger charge is -2.34. The number of carbonyl (C=O) groups is 1. The van der Waals surface area contributed by atoms with Crippen LogP contribution in [0, 0.1) is 5.92 Å². The van der Waals surface area contributed by atoms with Gasteiger partial charge < -0.3 is 14.1 Å². The first-order chi connectivity index (χ1) is 12.9. The Labute approximate surface area is 168 Å². The monoisotopic (exact) mass is 415 g/mol. The van der Waals surface area contributed by atoms with Gasteiger partial charge >= 0.3 is 6.09 Å². The zero-order valence-electron chi connectivity index (χ0n) is 17.8. The van der Waals surface area contributed by atoms with Gasteiger partial charge in [-0.05, 0) is 58.2 Å². The molecule has 0 N–H and O–H groups in total. The largest absolute Gasteiger partial charge is 0.447 e. The molecule has 1 aromatic rings. The number of amides is 1. The van der Waals surface area contributed by atoms with Gasteiger partial charge in [0.05, 0.1) is 6.54 Å². The molecule has 1 atom stereocenters. The van der Waals surface area contributed by atoms with E-state index in [1.165, 1.54) is 20.2 Å². The highest BCUT2D eigenvalue weighted by molar-refractivity contribution is 7.88. The van der Waals surface area contributed by atoms with E-state index in [0.29, 0.717) is 24.8 Å². The average Bonchev–Trinajstić information content (AvgIpc) is 3.02. The highest BCUT2D eigenvalue weighted by Crippen LogP contribution is 2.23. The van der Waals surface area contributed by atoms with Crippen LogP contribution in [0.1, 0.15) is 39.4 Å². The smallest absolute Gasteiger partial charge is 0.410 e. The van der Waals surface area contributed by atoms with Crippen LogP contribution in [0.25, 0.3) is 0 Å². The summed E-state index contributed by atoms with van der Waals surface area (Å²) >= 11 is 0. The Bertz CT molecular complexity index is 767. The molecular weight excluding hydrogens is 382 g/mol. The standard InChI is InChI=1S/C19H33N3O5S/c1-19(2,3)27-18(23)21(6)12-15-8-7-11-22(13-15)14-16-9-10-17(26-16)28(24,25)20(4)5/h9-10,15H,7-8,11-14H2,1-6H3. The number of rotatable bonds is 6. The number of nitrogens with zero attached hydrogens (tertiary/aromatic N) is 3. The van der Waals surface area contributed by atoms with Crippen LogP contribution >= 0.6 is 0 Å². The Morgan fingerprint density at radius 3 is 2.57 bits per heavy atom. The summed E-state index contributed by atoms with van der Waals surface area (Å²) in [5, 5.41) is -0.0364. The van der Waals surface area contributed by atoms with Crippen molar-refractivity contribution >= 4 is 16.1 Å². The van der Waals surface area contributed by atoms with Crippen molar-refractivity contribution in [3.05, 3.63) is 17.9 Å². The molecule has 9 heteroatoms. The third-order valence-electron chi connectivity index (χ3n) is 4.59. The number of furan rings is 1. The molecule has 1 amide bonds. The predicted molar refractivity (Wildman–Crippen MR) is 106 cm³/mol. The van der Waals surface area contributed by atoms with E-state index >= 15 is 0 Å². The summed E-state index contributed by atoms with van der Waals surface area (Å²) < 4.78 is 36.4. The van der Waals surface area contributed by atoms with E-state index < -0.39 is 15.6 Å². The second-order valence-corrected chi connectivity index (χ2v) is 10.7. The number of carbonyl (C=O) groups excluding carboxylic acids is 1. The molecule has 1 aliphatic heterocycles. The Morgan fingerprint density at radius 1 is 1.29 bits per heavy atom. The molecule has 2 rings (SSSR count).